The highest BCUT2D eigenvalue weighted by molar-refractivity contribution is 6.03. The first-order valence-electron chi connectivity index (χ1n) is 7.83. The third-order valence-corrected chi connectivity index (χ3v) is 4.31. The second kappa shape index (κ2) is 5.30. The van der Waals surface area contributed by atoms with Crippen molar-refractivity contribution in [2.24, 2.45) is 0 Å². The summed E-state index contributed by atoms with van der Waals surface area (Å²) < 4.78 is 14.3. The van der Waals surface area contributed by atoms with E-state index in [9.17, 15) is 9.60 Å². The van der Waals surface area contributed by atoms with Crippen LogP contribution in [0.1, 0.15) is 25.5 Å². The van der Waals surface area contributed by atoms with Gasteiger partial charge in [-0.05, 0) is 29.8 Å². The number of aromatic nitrogens is 3. The van der Waals surface area contributed by atoms with Gasteiger partial charge < -0.3 is 5.21 Å². The largest absolute Gasteiger partial charge is 0.618 e. The molecule has 120 valence electrons. The van der Waals surface area contributed by atoms with Crippen molar-refractivity contribution in [2.45, 2.75) is 19.8 Å². The number of rotatable bonds is 2. The lowest BCUT2D eigenvalue weighted by molar-refractivity contribution is -0.613. The predicted octanol–water partition coefficient (Wildman–Crippen LogP) is 4.28. The minimum absolute atomic E-state index is 0.0343. The van der Waals surface area contributed by atoms with Crippen molar-refractivity contribution in [1.82, 2.24) is 10.2 Å². The lowest BCUT2D eigenvalue weighted by Gasteiger charge is -2.16. The molecule has 2 heterocycles. The Balaban J connectivity index is 2.16. The van der Waals surface area contributed by atoms with Gasteiger partial charge in [0, 0.05) is 22.1 Å². The van der Waals surface area contributed by atoms with E-state index >= 15 is 0 Å². The van der Waals surface area contributed by atoms with Gasteiger partial charge in [0.15, 0.2) is 6.20 Å². The number of hydrogen-bond donors (Lipinski definition) is 1. The highest BCUT2D eigenvalue weighted by atomic mass is 19.1. The van der Waals surface area contributed by atoms with Gasteiger partial charge in [0.2, 0.25) is 5.69 Å². The van der Waals surface area contributed by atoms with Gasteiger partial charge in [-0.25, -0.2) is 4.39 Å². The highest BCUT2D eigenvalue weighted by Crippen LogP contribution is 2.35. The van der Waals surface area contributed by atoms with Crippen LogP contribution in [-0.4, -0.2) is 10.2 Å². The van der Waals surface area contributed by atoms with Crippen molar-refractivity contribution < 1.29 is 9.12 Å². The van der Waals surface area contributed by atoms with E-state index in [0.29, 0.717) is 5.69 Å². The Labute approximate surface area is 138 Å². The van der Waals surface area contributed by atoms with Gasteiger partial charge in [-0.2, -0.15) is 9.83 Å². The number of nitrogens with zero attached hydrogens (tertiary/aromatic N) is 2. The topological polar surface area (TPSA) is 55.6 Å². The van der Waals surface area contributed by atoms with Crippen LogP contribution >= 0.6 is 0 Å². The van der Waals surface area contributed by atoms with Gasteiger partial charge in [-0.1, -0.05) is 26.0 Å². The molecule has 0 saturated carbocycles. The van der Waals surface area contributed by atoms with Crippen LogP contribution in [0.2, 0.25) is 0 Å². The molecule has 0 fully saturated rings. The summed E-state index contributed by atoms with van der Waals surface area (Å²) in [5.41, 5.74) is 3.24. The molecule has 4 rings (SSSR count). The quantitative estimate of drug-likeness (QED) is 0.442. The molecule has 0 aliphatic rings. The molecule has 4 nitrogen and oxygen atoms in total. The average Bonchev–Trinajstić information content (AvgIpc) is 2.99. The molecule has 4 aromatic rings. The summed E-state index contributed by atoms with van der Waals surface area (Å²) in [5, 5.41) is 22.4. The Kier molecular flexibility index (Phi) is 3.23. The van der Waals surface area contributed by atoms with E-state index in [4.69, 9.17) is 0 Å². The molecule has 2 aromatic carbocycles. The first-order chi connectivity index (χ1) is 11.5. The molecule has 5 heteroatoms. The molecule has 0 spiro atoms. The van der Waals surface area contributed by atoms with Gasteiger partial charge in [-0.3, -0.25) is 5.10 Å². The molecule has 24 heavy (non-hydrogen) atoms. The summed E-state index contributed by atoms with van der Waals surface area (Å²) in [6.45, 7) is 3.97. The van der Waals surface area contributed by atoms with Crippen LogP contribution in [0.15, 0.2) is 48.8 Å². The molecule has 0 radical (unpaired) electrons. The zero-order valence-electron chi connectivity index (χ0n) is 13.4. The minimum Gasteiger partial charge on any atom is -0.618 e. The van der Waals surface area contributed by atoms with Crippen molar-refractivity contribution >= 4 is 21.7 Å². The fraction of sp³-hybridized carbons (Fsp3) is 0.158. The SMILES string of the molecule is CC(C)c1c(-c2ccc(F)cc2)c2cc3cn[nH]c3cc2c[n+]1[O-]. The van der Waals surface area contributed by atoms with Gasteiger partial charge in [0.25, 0.3) is 0 Å². The lowest BCUT2D eigenvalue weighted by Crippen LogP contribution is -2.33. The zero-order valence-corrected chi connectivity index (χ0v) is 13.4. The van der Waals surface area contributed by atoms with Crippen molar-refractivity contribution in [3.63, 3.8) is 0 Å². The number of H-pyrrole nitrogens is 1. The summed E-state index contributed by atoms with van der Waals surface area (Å²) in [5.74, 6) is -0.260. The third-order valence-electron chi connectivity index (χ3n) is 4.31. The van der Waals surface area contributed by atoms with E-state index < -0.39 is 0 Å². The Morgan fingerprint density at radius 3 is 2.58 bits per heavy atom. The highest BCUT2D eigenvalue weighted by Gasteiger charge is 2.22. The van der Waals surface area contributed by atoms with Crippen LogP contribution in [0, 0.1) is 11.0 Å². The number of nitrogens with one attached hydrogen (secondary N) is 1. The number of hydrogen-bond acceptors (Lipinski definition) is 2. The normalized spacial score (nSPS) is 11.7. The monoisotopic (exact) mass is 321 g/mol. The molecule has 0 atom stereocenters. The van der Waals surface area contributed by atoms with Gasteiger partial charge in [0.1, 0.15) is 5.82 Å². The molecule has 0 unspecified atom stereocenters. The number of benzene rings is 2. The number of halogens is 1. The predicted molar refractivity (Wildman–Crippen MR) is 92.0 cm³/mol. The summed E-state index contributed by atoms with van der Waals surface area (Å²) in [7, 11) is 0. The van der Waals surface area contributed by atoms with Crippen LogP contribution in [0.5, 0.6) is 0 Å². The standard InChI is InChI=1S/C19H16FN3O/c1-11(2)19-18(12-3-5-15(20)6-4-12)16-7-13-9-21-22-17(13)8-14(16)10-23(19)24/h3-11H,1-2H3,(H,21,22). The fourth-order valence-corrected chi connectivity index (χ4v) is 3.24. The van der Waals surface area contributed by atoms with Crippen molar-refractivity contribution in [3.05, 3.63) is 65.5 Å². The molecule has 0 amide bonds. The van der Waals surface area contributed by atoms with E-state index in [-0.39, 0.29) is 11.7 Å². The van der Waals surface area contributed by atoms with E-state index in [1.165, 1.54) is 12.1 Å². The molecule has 0 aliphatic carbocycles. The van der Waals surface area contributed by atoms with Crippen LogP contribution in [0.4, 0.5) is 4.39 Å². The lowest BCUT2D eigenvalue weighted by atomic mass is 9.92. The van der Waals surface area contributed by atoms with Crippen LogP contribution < -0.4 is 4.73 Å². The van der Waals surface area contributed by atoms with Crippen LogP contribution in [0.25, 0.3) is 32.8 Å². The van der Waals surface area contributed by atoms with E-state index in [2.05, 4.69) is 10.2 Å². The maximum atomic E-state index is 13.3. The van der Waals surface area contributed by atoms with E-state index in [1.54, 1.807) is 24.5 Å². The maximum absolute atomic E-state index is 13.3. The second-order valence-electron chi connectivity index (χ2n) is 6.27. The van der Waals surface area contributed by atoms with Gasteiger partial charge in [-0.15, -0.1) is 0 Å². The molecule has 0 saturated heterocycles. The molecule has 2 aromatic heterocycles. The third kappa shape index (κ3) is 2.21. The first kappa shape index (κ1) is 14.6. The molecule has 0 bridgehead atoms. The summed E-state index contributed by atoms with van der Waals surface area (Å²) in [6, 6.07) is 10.2. The second-order valence-corrected chi connectivity index (χ2v) is 6.27. The Bertz CT molecular complexity index is 1050. The molecule has 1 N–H and O–H groups in total. The fourth-order valence-electron chi connectivity index (χ4n) is 3.24. The number of pyridine rings is 1. The Morgan fingerprint density at radius 1 is 1.12 bits per heavy atom. The summed E-state index contributed by atoms with van der Waals surface area (Å²) in [6.07, 6.45) is 3.36. The Hall–Kier alpha value is -2.95. The van der Waals surface area contributed by atoms with Crippen LogP contribution in [-0.2, 0) is 0 Å². The number of aromatic amines is 1. The smallest absolute Gasteiger partial charge is 0.203 e. The van der Waals surface area contributed by atoms with E-state index in [0.717, 1.165) is 37.5 Å². The summed E-state index contributed by atoms with van der Waals surface area (Å²) >= 11 is 0. The average molecular weight is 321 g/mol. The van der Waals surface area contributed by atoms with Gasteiger partial charge in [0.05, 0.1) is 17.3 Å². The first-order valence-corrected chi connectivity index (χ1v) is 7.83. The molecular formula is C19H16FN3O. The van der Waals surface area contributed by atoms with E-state index in [1.807, 2.05) is 26.0 Å². The minimum atomic E-state index is -0.294. The van der Waals surface area contributed by atoms with Crippen molar-refractivity contribution in [2.75, 3.05) is 0 Å². The van der Waals surface area contributed by atoms with Crippen molar-refractivity contribution in [3.8, 4) is 11.1 Å². The molecular weight excluding hydrogens is 305 g/mol. The van der Waals surface area contributed by atoms with Crippen LogP contribution in [0.3, 0.4) is 0 Å². The van der Waals surface area contributed by atoms with Gasteiger partial charge >= 0.3 is 0 Å². The number of fused-ring (bicyclic) bond motifs is 2. The zero-order chi connectivity index (χ0) is 16.8. The Morgan fingerprint density at radius 2 is 1.88 bits per heavy atom. The maximum Gasteiger partial charge on any atom is 0.203 e. The molecule has 0 aliphatic heterocycles. The van der Waals surface area contributed by atoms with Crippen molar-refractivity contribution in [1.29, 1.82) is 0 Å². The summed E-state index contributed by atoms with van der Waals surface area (Å²) in [4.78, 5) is 0.